The van der Waals surface area contributed by atoms with Gasteiger partial charge in [0.05, 0.1) is 17.5 Å². The Kier molecular flexibility index (Phi) is 11.0. The van der Waals surface area contributed by atoms with Gasteiger partial charge in [0.1, 0.15) is 22.6 Å². The third-order valence-electron chi connectivity index (χ3n) is 8.57. The number of amides is 4. The molecule has 5 aromatic rings. The molecule has 0 saturated heterocycles. The summed E-state index contributed by atoms with van der Waals surface area (Å²) in [5.74, 6) is -4.36. The molecule has 0 saturated carbocycles. The minimum absolute atomic E-state index is 0.118. The molecule has 270 valence electrons. The van der Waals surface area contributed by atoms with Crippen molar-refractivity contribution in [3.05, 3.63) is 153 Å². The monoisotopic (exact) mass is 716 g/mol. The van der Waals surface area contributed by atoms with Crippen molar-refractivity contribution in [2.75, 3.05) is 0 Å². The van der Waals surface area contributed by atoms with Gasteiger partial charge in [0.15, 0.2) is 0 Å². The maximum atomic E-state index is 13.8. The van der Waals surface area contributed by atoms with E-state index in [1.54, 1.807) is 73.7 Å². The fourth-order valence-electron chi connectivity index (χ4n) is 5.92. The highest BCUT2D eigenvalue weighted by molar-refractivity contribution is 6.04. The Bertz CT molecular complexity index is 2460. The highest BCUT2D eigenvalue weighted by atomic mass is 16.3. The SMILES string of the molecule is C=C/C=C(\C=C)CC(=O)NNC(=O)c1c(O)c2ccccc2n(C(C)Cc2ccc(C(=O)NNC(=O)c3c(O)c4ccccc4n(C)c3=O)cc2)c1=O. The number of pyridine rings is 2. The number of para-hydroxylation sites is 2. The average molecular weight is 717 g/mol. The van der Waals surface area contributed by atoms with Gasteiger partial charge < -0.3 is 19.3 Å². The lowest BCUT2D eigenvalue weighted by atomic mass is 10.0. The number of hydrogen-bond acceptors (Lipinski definition) is 8. The number of fused-ring (bicyclic) bond motifs is 2. The number of rotatable bonds is 10. The highest BCUT2D eigenvalue weighted by Gasteiger charge is 2.25. The van der Waals surface area contributed by atoms with Crippen LogP contribution in [0.25, 0.3) is 21.8 Å². The highest BCUT2D eigenvalue weighted by Crippen LogP contribution is 2.29. The Labute approximate surface area is 302 Å². The van der Waals surface area contributed by atoms with Gasteiger partial charge in [0, 0.05) is 29.4 Å². The Morgan fingerprint density at radius 3 is 1.87 bits per heavy atom. The molecule has 0 aliphatic carbocycles. The zero-order valence-electron chi connectivity index (χ0n) is 28.8. The zero-order chi connectivity index (χ0) is 38.4. The third-order valence-corrected chi connectivity index (χ3v) is 8.57. The molecule has 1 atom stereocenters. The number of benzene rings is 3. The molecule has 2 aromatic heterocycles. The smallest absolute Gasteiger partial charge is 0.279 e. The fraction of sp³-hybridized carbons (Fsp3) is 0.128. The summed E-state index contributed by atoms with van der Waals surface area (Å²) in [4.78, 5) is 78.0. The molecule has 1 unspecified atom stereocenters. The van der Waals surface area contributed by atoms with Crippen molar-refractivity contribution in [2.24, 2.45) is 7.05 Å². The van der Waals surface area contributed by atoms with E-state index in [9.17, 15) is 39.0 Å². The lowest BCUT2D eigenvalue weighted by Gasteiger charge is -2.21. The second-order valence-corrected chi connectivity index (χ2v) is 12.0. The Balaban J connectivity index is 1.31. The Hall–Kier alpha value is -7.22. The summed E-state index contributed by atoms with van der Waals surface area (Å²) < 4.78 is 2.59. The van der Waals surface area contributed by atoms with Crippen molar-refractivity contribution in [3.63, 3.8) is 0 Å². The molecule has 5 rings (SSSR count). The zero-order valence-corrected chi connectivity index (χ0v) is 28.8. The molecule has 0 bridgehead atoms. The maximum absolute atomic E-state index is 13.8. The number of carbonyl (C=O) groups is 4. The number of nitrogens with zero attached hydrogens (tertiary/aromatic N) is 2. The average Bonchev–Trinajstić information content (AvgIpc) is 3.15. The molecule has 14 nitrogen and oxygen atoms in total. The van der Waals surface area contributed by atoms with E-state index in [2.05, 4.69) is 34.9 Å². The van der Waals surface area contributed by atoms with Crippen LogP contribution < -0.4 is 32.8 Å². The van der Waals surface area contributed by atoms with Crippen molar-refractivity contribution in [2.45, 2.75) is 25.8 Å². The fourth-order valence-corrected chi connectivity index (χ4v) is 5.92. The van der Waals surface area contributed by atoms with Crippen LogP contribution in [0.1, 0.15) is 56.0 Å². The summed E-state index contributed by atoms with van der Waals surface area (Å²) in [5.41, 5.74) is 8.43. The van der Waals surface area contributed by atoms with Crippen LogP contribution >= 0.6 is 0 Å². The molecule has 0 radical (unpaired) electrons. The standard InChI is InChI=1S/C39H36N6O8/c1-5-11-23(6-2)21-30(46)40-42-37(51)32-34(48)27-13-8-10-15-29(27)45(39(32)53)22(3)20-24-16-18-25(19-17-24)35(49)41-43-36(50)31-33(47)26-12-7-9-14-28(26)44(4)38(31)52/h5-19,22,47-48H,1-2,20-21H2,3-4H3,(H,40,46)(H,41,49)(H,42,51)(H,43,50)/b23-11+. The molecule has 0 fully saturated rings. The van der Waals surface area contributed by atoms with Crippen molar-refractivity contribution in [1.29, 1.82) is 0 Å². The van der Waals surface area contributed by atoms with Crippen LogP contribution in [0, 0.1) is 0 Å². The molecule has 0 spiro atoms. The summed E-state index contributed by atoms with van der Waals surface area (Å²) in [6.07, 6.45) is 4.67. The van der Waals surface area contributed by atoms with Crippen LogP contribution in [-0.4, -0.2) is 43.0 Å². The summed E-state index contributed by atoms with van der Waals surface area (Å²) in [7, 11) is 1.46. The van der Waals surface area contributed by atoms with Crippen molar-refractivity contribution < 1.29 is 29.4 Å². The van der Waals surface area contributed by atoms with Crippen LogP contribution in [0.2, 0.25) is 0 Å². The number of carbonyl (C=O) groups excluding carboxylic acids is 4. The molecule has 2 heterocycles. The van der Waals surface area contributed by atoms with E-state index in [1.165, 1.54) is 40.5 Å². The molecular weight excluding hydrogens is 680 g/mol. The first-order valence-electron chi connectivity index (χ1n) is 16.3. The summed E-state index contributed by atoms with van der Waals surface area (Å²) in [6.45, 7) is 8.95. The molecule has 4 amide bonds. The van der Waals surface area contributed by atoms with Crippen molar-refractivity contribution in [3.8, 4) is 11.5 Å². The van der Waals surface area contributed by atoms with Crippen LogP contribution in [0.4, 0.5) is 0 Å². The first-order chi connectivity index (χ1) is 25.4. The van der Waals surface area contributed by atoms with Gasteiger partial charge in [0.2, 0.25) is 5.91 Å². The summed E-state index contributed by atoms with van der Waals surface area (Å²) in [5, 5.41) is 22.2. The normalized spacial score (nSPS) is 11.8. The molecule has 53 heavy (non-hydrogen) atoms. The van der Waals surface area contributed by atoms with Gasteiger partial charge in [-0.2, -0.15) is 0 Å². The van der Waals surface area contributed by atoms with E-state index in [-0.39, 0.29) is 29.2 Å². The van der Waals surface area contributed by atoms with E-state index < -0.39 is 63.4 Å². The number of aromatic nitrogens is 2. The molecular formula is C39H36N6O8. The van der Waals surface area contributed by atoms with Crippen molar-refractivity contribution >= 4 is 45.4 Å². The maximum Gasteiger partial charge on any atom is 0.279 e. The summed E-state index contributed by atoms with van der Waals surface area (Å²) in [6, 6.07) is 18.8. The first kappa shape index (κ1) is 37.0. The number of hydrogen-bond donors (Lipinski definition) is 6. The van der Waals surface area contributed by atoms with Crippen LogP contribution in [0.5, 0.6) is 11.5 Å². The lowest BCUT2D eigenvalue weighted by Crippen LogP contribution is -2.44. The minimum Gasteiger partial charge on any atom is -0.506 e. The van der Waals surface area contributed by atoms with E-state index in [0.717, 1.165) is 0 Å². The van der Waals surface area contributed by atoms with Gasteiger partial charge in [0.25, 0.3) is 28.8 Å². The number of aromatic hydroxyl groups is 2. The Morgan fingerprint density at radius 2 is 1.26 bits per heavy atom. The molecule has 14 heteroatoms. The summed E-state index contributed by atoms with van der Waals surface area (Å²) >= 11 is 0. The van der Waals surface area contributed by atoms with Crippen LogP contribution in [0.15, 0.2) is 119 Å². The molecule has 6 N–H and O–H groups in total. The first-order valence-corrected chi connectivity index (χ1v) is 16.3. The molecule has 0 aliphatic rings. The van der Waals surface area contributed by atoms with Crippen molar-refractivity contribution in [1.82, 2.24) is 30.8 Å². The van der Waals surface area contributed by atoms with Crippen LogP contribution in [-0.2, 0) is 18.3 Å². The number of allylic oxidation sites excluding steroid dienone is 3. The largest absolute Gasteiger partial charge is 0.506 e. The minimum atomic E-state index is -1.01. The topological polar surface area (TPSA) is 201 Å². The predicted molar refractivity (Wildman–Crippen MR) is 199 cm³/mol. The van der Waals surface area contributed by atoms with Gasteiger partial charge >= 0.3 is 0 Å². The van der Waals surface area contributed by atoms with Crippen LogP contribution in [0.3, 0.4) is 0 Å². The van der Waals surface area contributed by atoms with E-state index in [0.29, 0.717) is 22.2 Å². The second kappa shape index (κ2) is 15.8. The third kappa shape index (κ3) is 7.61. The Morgan fingerprint density at radius 1 is 0.736 bits per heavy atom. The van der Waals surface area contributed by atoms with Gasteiger partial charge in [-0.15, -0.1) is 0 Å². The van der Waals surface area contributed by atoms with E-state index in [1.807, 2.05) is 0 Å². The predicted octanol–water partition coefficient (Wildman–Crippen LogP) is 3.59. The van der Waals surface area contributed by atoms with Gasteiger partial charge in [-0.25, -0.2) is 0 Å². The van der Waals surface area contributed by atoms with Gasteiger partial charge in [-0.3, -0.25) is 50.5 Å². The lowest BCUT2D eigenvalue weighted by molar-refractivity contribution is -0.121. The second-order valence-electron chi connectivity index (χ2n) is 12.0. The number of hydrazine groups is 2. The molecule has 3 aromatic carbocycles. The molecule has 0 aliphatic heterocycles. The number of nitrogens with one attached hydrogen (secondary N) is 4. The quantitative estimate of drug-likeness (QED) is 0.0930. The van der Waals surface area contributed by atoms with E-state index in [4.69, 9.17) is 0 Å². The van der Waals surface area contributed by atoms with E-state index >= 15 is 0 Å². The number of aryl methyl sites for hydroxylation is 1. The van der Waals surface area contributed by atoms with Gasteiger partial charge in [-0.05, 0) is 60.9 Å². The van der Waals surface area contributed by atoms with Gasteiger partial charge in [-0.1, -0.05) is 67.8 Å².